The first-order chi connectivity index (χ1) is 14.3. The lowest BCUT2D eigenvalue weighted by molar-refractivity contribution is -0.163. The highest BCUT2D eigenvalue weighted by Crippen LogP contribution is 2.44. The van der Waals surface area contributed by atoms with Crippen LogP contribution >= 0.6 is 0 Å². The van der Waals surface area contributed by atoms with E-state index >= 15 is 0 Å². The molecule has 3 aliphatic heterocycles. The minimum Gasteiger partial charge on any atom is -0.452 e. The fourth-order valence-corrected chi connectivity index (χ4v) is 5.12. The number of hydrogen-bond donors (Lipinski definition) is 0. The van der Waals surface area contributed by atoms with Gasteiger partial charge in [-0.15, -0.1) is 0 Å². The molecule has 3 atom stereocenters. The third-order valence-corrected chi connectivity index (χ3v) is 6.68. The van der Waals surface area contributed by atoms with E-state index in [1.807, 2.05) is 13.8 Å². The Labute approximate surface area is 175 Å². The number of likely N-dealkylation sites (N-methyl/N-ethyl adjacent to an activating group) is 1. The molecule has 0 spiro atoms. The molecule has 1 aromatic rings. The number of carbonyl (C=O) groups is 4. The maximum atomic E-state index is 13.3. The first-order valence-corrected chi connectivity index (χ1v) is 10.5. The van der Waals surface area contributed by atoms with Crippen molar-refractivity contribution in [2.75, 3.05) is 18.6 Å². The average molecular weight is 413 g/mol. The van der Waals surface area contributed by atoms with E-state index in [9.17, 15) is 19.2 Å². The Bertz CT molecular complexity index is 906. The zero-order chi connectivity index (χ0) is 21.6. The van der Waals surface area contributed by atoms with E-state index in [2.05, 4.69) is 0 Å². The summed E-state index contributed by atoms with van der Waals surface area (Å²) in [5.41, 5.74) is -0.780. The number of hydrogen-bond acceptors (Lipinski definition) is 5. The van der Waals surface area contributed by atoms with Crippen molar-refractivity contribution < 1.29 is 23.9 Å². The summed E-state index contributed by atoms with van der Waals surface area (Å²) in [6.07, 6.45) is 3.16. The molecule has 1 aromatic carbocycles. The highest BCUT2D eigenvalue weighted by atomic mass is 16.5. The number of benzene rings is 1. The number of esters is 1. The van der Waals surface area contributed by atoms with Crippen molar-refractivity contribution in [3.8, 4) is 0 Å². The van der Waals surface area contributed by atoms with Crippen molar-refractivity contribution in [3.63, 3.8) is 0 Å². The lowest BCUT2D eigenvalue weighted by Gasteiger charge is -2.46. The van der Waals surface area contributed by atoms with E-state index in [1.165, 1.54) is 16.8 Å². The summed E-state index contributed by atoms with van der Waals surface area (Å²) < 4.78 is 5.46. The first-order valence-electron chi connectivity index (χ1n) is 10.5. The summed E-state index contributed by atoms with van der Waals surface area (Å²) in [5, 5.41) is 0. The molecule has 0 aliphatic carbocycles. The maximum absolute atomic E-state index is 13.3. The molecule has 3 amide bonds. The van der Waals surface area contributed by atoms with Crippen molar-refractivity contribution in [2.45, 2.75) is 63.7 Å². The lowest BCUT2D eigenvalue weighted by atomic mass is 9.97. The standard InChI is InChI=1S/C22H27N3O5/c1-14-7-6-8-15(2)24(14)19(27)13-30-21(29)22-12-11-18(26)25(22)17-10-5-4-9-16(17)20(28)23(22)3/h4-5,9-10,14-15H,6-8,11-13H2,1-3H3/t14-,15+,22-/m1/s1. The molecule has 30 heavy (non-hydrogen) atoms. The van der Waals surface area contributed by atoms with Crippen LogP contribution in [0.5, 0.6) is 0 Å². The number of para-hydroxylation sites is 1. The smallest absolute Gasteiger partial charge is 0.354 e. The molecule has 3 aliphatic rings. The number of likely N-dealkylation sites (tertiary alicyclic amines) is 1. The Morgan fingerprint density at radius 3 is 2.50 bits per heavy atom. The zero-order valence-electron chi connectivity index (χ0n) is 17.6. The molecule has 0 aromatic heterocycles. The van der Waals surface area contributed by atoms with E-state index in [1.54, 1.807) is 29.2 Å². The van der Waals surface area contributed by atoms with Gasteiger partial charge in [-0.2, -0.15) is 0 Å². The summed E-state index contributed by atoms with van der Waals surface area (Å²) in [5.74, 6) is -1.59. The molecular weight excluding hydrogens is 386 g/mol. The largest absolute Gasteiger partial charge is 0.452 e. The quantitative estimate of drug-likeness (QED) is 0.707. The van der Waals surface area contributed by atoms with Crippen molar-refractivity contribution in [1.82, 2.24) is 9.80 Å². The van der Waals surface area contributed by atoms with Gasteiger partial charge >= 0.3 is 5.97 Å². The van der Waals surface area contributed by atoms with Crippen LogP contribution in [0.3, 0.4) is 0 Å². The third kappa shape index (κ3) is 2.88. The van der Waals surface area contributed by atoms with Gasteiger partial charge < -0.3 is 14.5 Å². The van der Waals surface area contributed by atoms with Crippen LogP contribution in [0, 0.1) is 0 Å². The van der Waals surface area contributed by atoms with Crippen LogP contribution in [-0.4, -0.2) is 64.9 Å². The first kappa shape index (κ1) is 20.4. The molecule has 160 valence electrons. The van der Waals surface area contributed by atoms with Crippen LogP contribution < -0.4 is 4.90 Å². The average Bonchev–Trinajstić information content (AvgIpc) is 3.08. The monoisotopic (exact) mass is 413 g/mol. The Hall–Kier alpha value is -2.90. The molecule has 2 fully saturated rings. The van der Waals surface area contributed by atoms with E-state index in [4.69, 9.17) is 4.74 Å². The van der Waals surface area contributed by atoms with Crippen LogP contribution in [0.1, 0.15) is 56.3 Å². The van der Waals surface area contributed by atoms with Gasteiger partial charge in [-0.25, -0.2) is 4.79 Å². The van der Waals surface area contributed by atoms with Crippen molar-refractivity contribution >= 4 is 29.4 Å². The second-order valence-electron chi connectivity index (χ2n) is 8.43. The van der Waals surface area contributed by atoms with Gasteiger partial charge in [-0.1, -0.05) is 12.1 Å². The lowest BCUT2D eigenvalue weighted by Crippen LogP contribution is -2.67. The Morgan fingerprint density at radius 2 is 1.80 bits per heavy atom. The number of nitrogens with zero attached hydrogens (tertiary/aromatic N) is 3. The molecule has 3 heterocycles. The van der Waals surface area contributed by atoms with Crippen LogP contribution in [0.25, 0.3) is 0 Å². The SMILES string of the molecule is C[C@@H]1CCC[C@H](C)N1C(=O)COC(=O)[C@@]12CCC(=O)N1c1ccccc1C(=O)N2C. The van der Waals surface area contributed by atoms with Gasteiger partial charge in [0.2, 0.25) is 11.6 Å². The molecular formula is C22H27N3O5. The highest BCUT2D eigenvalue weighted by molar-refractivity contribution is 6.15. The Morgan fingerprint density at radius 1 is 1.13 bits per heavy atom. The second-order valence-corrected chi connectivity index (χ2v) is 8.43. The molecule has 0 saturated carbocycles. The van der Waals surface area contributed by atoms with Crippen molar-refractivity contribution in [1.29, 1.82) is 0 Å². The number of piperidine rings is 1. The third-order valence-electron chi connectivity index (χ3n) is 6.68. The summed E-state index contributed by atoms with van der Waals surface area (Å²) in [4.78, 5) is 56.2. The predicted molar refractivity (Wildman–Crippen MR) is 109 cm³/mol. The van der Waals surface area contributed by atoms with Gasteiger partial charge in [-0.3, -0.25) is 19.3 Å². The summed E-state index contributed by atoms with van der Waals surface area (Å²) >= 11 is 0. The van der Waals surface area contributed by atoms with Gasteiger partial charge in [0.15, 0.2) is 6.61 Å². The van der Waals surface area contributed by atoms with Crippen molar-refractivity contribution in [3.05, 3.63) is 29.8 Å². The fraction of sp³-hybridized carbons (Fsp3) is 0.545. The molecule has 0 unspecified atom stereocenters. The van der Waals surface area contributed by atoms with Gasteiger partial charge in [0.05, 0.1) is 11.3 Å². The minimum absolute atomic E-state index is 0.0912. The van der Waals surface area contributed by atoms with Gasteiger partial charge in [0.25, 0.3) is 11.8 Å². The second kappa shape index (κ2) is 7.41. The molecule has 8 nitrogen and oxygen atoms in total. The molecule has 0 N–H and O–H groups in total. The topological polar surface area (TPSA) is 87.2 Å². The summed E-state index contributed by atoms with van der Waals surface area (Å²) in [6, 6.07) is 6.92. The fourth-order valence-electron chi connectivity index (χ4n) is 5.12. The molecule has 2 saturated heterocycles. The van der Waals surface area contributed by atoms with E-state index < -0.39 is 18.2 Å². The number of carbonyl (C=O) groups excluding carboxylic acids is 4. The molecule has 0 radical (unpaired) electrons. The number of ether oxygens (including phenoxy) is 1. The number of rotatable bonds is 3. The maximum Gasteiger partial charge on any atom is 0.354 e. The molecule has 8 heteroatoms. The van der Waals surface area contributed by atoms with E-state index in [-0.39, 0.29) is 42.6 Å². The predicted octanol–water partition coefficient (Wildman–Crippen LogP) is 1.93. The normalized spacial score (nSPS) is 28.3. The Kier molecular flexibility index (Phi) is 5.03. The van der Waals surface area contributed by atoms with Crippen molar-refractivity contribution in [2.24, 2.45) is 0 Å². The summed E-state index contributed by atoms with van der Waals surface area (Å²) in [6.45, 7) is 3.59. The molecule has 0 bridgehead atoms. The van der Waals surface area contributed by atoms with E-state index in [0.717, 1.165) is 19.3 Å². The van der Waals surface area contributed by atoms with Crippen LogP contribution in [-0.2, 0) is 19.1 Å². The number of fused-ring (bicyclic) bond motifs is 3. The molecule has 4 rings (SSSR count). The summed E-state index contributed by atoms with van der Waals surface area (Å²) in [7, 11) is 1.50. The van der Waals surface area contributed by atoms with Gasteiger partial charge in [0, 0.05) is 32.0 Å². The van der Waals surface area contributed by atoms with Crippen LogP contribution in [0.4, 0.5) is 5.69 Å². The zero-order valence-corrected chi connectivity index (χ0v) is 17.6. The number of anilines is 1. The van der Waals surface area contributed by atoms with Crippen LogP contribution in [0.2, 0.25) is 0 Å². The van der Waals surface area contributed by atoms with Crippen LogP contribution in [0.15, 0.2) is 24.3 Å². The minimum atomic E-state index is -1.55. The van der Waals surface area contributed by atoms with Gasteiger partial charge in [-0.05, 0) is 45.2 Å². The Balaban J connectivity index is 1.59. The highest BCUT2D eigenvalue weighted by Gasteiger charge is 2.61. The van der Waals surface area contributed by atoms with E-state index in [0.29, 0.717) is 11.3 Å². The number of amides is 3. The van der Waals surface area contributed by atoms with Gasteiger partial charge in [0.1, 0.15) is 0 Å².